The van der Waals surface area contributed by atoms with Crippen molar-refractivity contribution in [2.45, 2.75) is 44.8 Å². The molecular weight excluding hydrogens is 415 g/mol. The van der Waals surface area contributed by atoms with E-state index < -0.39 is 12.8 Å². The van der Waals surface area contributed by atoms with Crippen LogP contribution in [0.25, 0.3) is 11.0 Å². The number of halogens is 3. The van der Waals surface area contributed by atoms with Gasteiger partial charge in [0.25, 0.3) is 0 Å². The van der Waals surface area contributed by atoms with Crippen LogP contribution in [0.15, 0.2) is 30.3 Å². The Kier molecular flexibility index (Phi) is 5.48. The van der Waals surface area contributed by atoms with Crippen molar-refractivity contribution >= 4 is 28.3 Å². The van der Waals surface area contributed by atoms with E-state index in [9.17, 15) is 18.0 Å². The van der Waals surface area contributed by atoms with Crippen LogP contribution in [0.1, 0.15) is 48.0 Å². The number of carbonyl (C=O) groups is 1. The number of carbonyl (C=O) groups excluding carboxylic acids is 1. The lowest BCUT2D eigenvalue weighted by atomic mass is 10.2. The van der Waals surface area contributed by atoms with Crippen LogP contribution < -0.4 is 10.1 Å². The molecule has 1 saturated carbocycles. The van der Waals surface area contributed by atoms with Gasteiger partial charge in [0.1, 0.15) is 5.82 Å². The lowest BCUT2D eigenvalue weighted by Gasteiger charge is -2.12. The van der Waals surface area contributed by atoms with E-state index in [4.69, 9.17) is 4.74 Å². The Bertz CT molecular complexity index is 1030. The summed E-state index contributed by atoms with van der Waals surface area (Å²) in [7, 11) is 0. The summed E-state index contributed by atoms with van der Waals surface area (Å²) >= 11 is 1.13. The molecule has 2 heterocycles. The SMILES string of the molecule is Cc1cc([C@@H](C)NC(=O)C[C@@H]2C[C@@H]2c2nc3ccccc3[nH]2)sc1OCC(F)(F)F. The fourth-order valence-electron chi connectivity index (χ4n) is 3.56. The number of imidazole rings is 1. The van der Waals surface area contributed by atoms with Crippen LogP contribution in [0.3, 0.4) is 0 Å². The molecule has 0 bridgehead atoms. The van der Waals surface area contributed by atoms with Crippen LogP contribution in [0.5, 0.6) is 5.06 Å². The first-order valence-corrected chi connectivity index (χ1v) is 10.5. The predicted octanol–water partition coefficient (Wildman–Crippen LogP) is 5.24. The van der Waals surface area contributed by atoms with Gasteiger partial charge in [-0.2, -0.15) is 13.2 Å². The number of benzene rings is 1. The van der Waals surface area contributed by atoms with Gasteiger partial charge < -0.3 is 15.0 Å². The number of alkyl halides is 3. The first-order chi connectivity index (χ1) is 14.2. The largest absolute Gasteiger partial charge is 0.474 e. The minimum atomic E-state index is -4.38. The molecular formula is C21H22F3N3O2S. The van der Waals surface area contributed by atoms with Crippen molar-refractivity contribution in [3.05, 3.63) is 46.6 Å². The number of aromatic amines is 1. The molecule has 2 aromatic heterocycles. The second kappa shape index (κ2) is 7.94. The minimum Gasteiger partial charge on any atom is -0.474 e. The molecule has 4 rings (SSSR count). The maximum Gasteiger partial charge on any atom is 0.422 e. The Morgan fingerprint density at radius 2 is 2.17 bits per heavy atom. The summed E-state index contributed by atoms with van der Waals surface area (Å²) in [5.74, 6) is 1.34. The fourth-order valence-corrected chi connectivity index (χ4v) is 4.58. The third kappa shape index (κ3) is 4.77. The molecule has 9 heteroatoms. The van der Waals surface area contributed by atoms with Crippen molar-refractivity contribution in [1.29, 1.82) is 0 Å². The zero-order valence-corrected chi connectivity index (χ0v) is 17.4. The van der Waals surface area contributed by atoms with E-state index in [0.29, 0.717) is 12.0 Å². The lowest BCUT2D eigenvalue weighted by molar-refractivity contribution is -0.153. The Morgan fingerprint density at radius 3 is 2.90 bits per heavy atom. The molecule has 1 aliphatic carbocycles. The van der Waals surface area contributed by atoms with Crippen molar-refractivity contribution in [3.63, 3.8) is 0 Å². The van der Waals surface area contributed by atoms with E-state index in [1.807, 2.05) is 31.2 Å². The van der Waals surface area contributed by atoms with Gasteiger partial charge in [0.15, 0.2) is 11.7 Å². The first kappa shape index (κ1) is 20.7. The van der Waals surface area contributed by atoms with Gasteiger partial charge in [-0.05, 0) is 44.4 Å². The predicted molar refractivity (Wildman–Crippen MR) is 109 cm³/mol. The second-order valence-electron chi connectivity index (χ2n) is 7.76. The number of hydrogen-bond donors (Lipinski definition) is 2. The van der Waals surface area contributed by atoms with E-state index in [-0.39, 0.29) is 28.8 Å². The van der Waals surface area contributed by atoms with E-state index >= 15 is 0 Å². The number of hydrogen-bond acceptors (Lipinski definition) is 4. The monoisotopic (exact) mass is 437 g/mol. The zero-order chi connectivity index (χ0) is 21.5. The van der Waals surface area contributed by atoms with Crippen molar-refractivity contribution < 1.29 is 22.7 Å². The number of fused-ring (bicyclic) bond motifs is 1. The summed E-state index contributed by atoms with van der Waals surface area (Å²) in [6.45, 7) is 2.20. The van der Waals surface area contributed by atoms with Crippen LogP contribution in [-0.4, -0.2) is 28.7 Å². The number of nitrogens with zero attached hydrogens (tertiary/aromatic N) is 1. The third-order valence-electron chi connectivity index (χ3n) is 5.19. The molecule has 5 nitrogen and oxygen atoms in total. The molecule has 0 saturated heterocycles. The van der Waals surface area contributed by atoms with Gasteiger partial charge in [0.2, 0.25) is 5.91 Å². The molecule has 1 fully saturated rings. The Balaban J connectivity index is 1.30. The number of thiophene rings is 1. The minimum absolute atomic E-state index is 0.0741. The van der Waals surface area contributed by atoms with Crippen LogP contribution >= 0.6 is 11.3 Å². The molecule has 0 spiro atoms. The molecule has 1 aliphatic rings. The van der Waals surface area contributed by atoms with Crippen LogP contribution in [-0.2, 0) is 4.79 Å². The Labute approximate surface area is 175 Å². The summed E-state index contributed by atoms with van der Waals surface area (Å²) < 4.78 is 42.0. The number of rotatable bonds is 7. The second-order valence-corrected chi connectivity index (χ2v) is 8.80. The number of ether oxygens (including phenoxy) is 1. The topological polar surface area (TPSA) is 67.0 Å². The Morgan fingerprint density at radius 1 is 1.40 bits per heavy atom. The van der Waals surface area contributed by atoms with Gasteiger partial charge >= 0.3 is 6.18 Å². The summed E-state index contributed by atoms with van der Waals surface area (Å²) in [5, 5.41) is 3.17. The standard InChI is InChI=1S/C21H22F3N3O2S/c1-11-7-17(30-20(11)29-10-21(22,23)24)12(2)25-18(28)9-13-8-14(13)19-26-15-5-3-4-6-16(15)27-19/h3-7,12-14H,8-10H2,1-2H3,(H,25,28)(H,26,27)/t12-,13+,14+/m1/s1. The molecule has 3 atom stereocenters. The lowest BCUT2D eigenvalue weighted by Crippen LogP contribution is -2.26. The molecule has 0 aliphatic heterocycles. The van der Waals surface area contributed by atoms with Crippen LogP contribution in [0, 0.1) is 12.8 Å². The smallest absolute Gasteiger partial charge is 0.422 e. The first-order valence-electron chi connectivity index (χ1n) is 9.73. The maximum atomic E-state index is 12.5. The number of H-pyrrole nitrogens is 1. The van der Waals surface area contributed by atoms with Crippen LogP contribution in [0.2, 0.25) is 0 Å². The molecule has 2 N–H and O–H groups in total. The van der Waals surface area contributed by atoms with E-state index in [1.165, 1.54) is 0 Å². The summed E-state index contributed by atoms with van der Waals surface area (Å²) in [6.07, 6.45) is -3.07. The number of para-hydroxylation sites is 2. The van der Waals surface area contributed by atoms with Gasteiger partial charge in [-0.3, -0.25) is 4.79 Å². The highest BCUT2D eigenvalue weighted by Crippen LogP contribution is 2.48. The molecule has 1 aromatic carbocycles. The molecule has 3 aromatic rings. The number of aryl methyl sites for hydroxylation is 1. The quantitative estimate of drug-likeness (QED) is 0.531. The van der Waals surface area contributed by atoms with Crippen molar-refractivity contribution in [3.8, 4) is 5.06 Å². The normalized spacial score (nSPS) is 19.6. The summed E-state index contributed by atoms with van der Waals surface area (Å²) in [6, 6.07) is 9.29. The van der Waals surface area contributed by atoms with E-state index in [0.717, 1.165) is 39.5 Å². The van der Waals surface area contributed by atoms with Crippen LogP contribution in [0.4, 0.5) is 13.2 Å². The van der Waals surface area contributed by atoms with Crippen molar-refractivity contribution in [2.75, 3.05) is 6.61 Å². The molecule has 0 radical (unpaired) electrons. The number of amides is 1. The summed E-state index contributed by atoms with van der Waals surface area (Å²) in [4.78, 5) is 21.2. The van der Waals surface area contributed by atoms with Gasteiger partial charge in [0, 0.05) is 22.8 Å². The van der Waals surface area contributed by atoms with Gasteiger partial charge in [-0.15, -0.1) is 11.3 Å². The highest BCUT2D eigenvalue weighted by molar-refractivity contribution is 7.14. The average molecular weight is 437 g/mol. The molecule has 30 heavy (non-hydrogen) atoms. The average Bonchev–Trinajstić information content (AvgIpc) is 3.12. The molecule has 0 unspecified atom stereocenters. The van der Waals surface area contributed by atoms with Gasteiger partial charge in [-0.25, -0.2) is 4.98 Å². The van der Waals surface area contributed by atoms with Gasteiger partial charge in [-0.1, -0.05) is 12.1 Å². The zero-order valence-electron chi connectivity index (χ0n) is 16.5. The van der Waals surface area contributed by atoms with E-state index in [1.54, 1.807) is 13.0 Å². The number of nitrogens with one attached hydrogen (secondary N) is 2. The van der Waals surface area contributed by atoms with Crippen molar-refractivity contribution in [2.24, 2.45) is 5.92 Å². The summed E-state index contributed by atoms with van der Waals surface area (Å²) in [5.41, 5.74) is 2.55. The molecule has 1 amide bonds. The third-order valence-corrected chi connectivity index (χ3v) is 6.52. The molecule has 160 valence electrons. The highest BCUT2D eigenvalue weighted by atomic mass is 32.1. The van der Waals surface area contributed by atoms with Crippen molar-refractivity contribution in [1.82, 2.24) is 15.3 Å². The highest BCUT2D eigenvalue weighted by Gasteiger charge is 2.42. The Hall–Kier alpha value is -2.55. The van der Waals surface area contributed by atoms with Gasteiger partial charge in [0.05, 0.1) is 17.1 Å². The number of aromatic nitrogens is 2. The fraction of sp³-hybridized carbons (Fsp3) is 0.429. The maximum absolute atomic E-state index is 12.5. The van der Waals surface area contributed by atoms with E-state index in [2.05, 4.69) is 15.3 Å².